The van der Waals surface area contributed by atoms with Gasteiger partial charge in [0.1, 0.15) is 5.60 Å². The summed E-state index contributed by atoms with van der Waals surface area (Å²) in [6.07, 6.45) is -1.40. The Morgan fingerprint density at radius 1 is 1.30 bits per heavy atom. The Hall–Kier alpha value is -2.24. The Morgan fingerprint density at radius 2 is 1.85 bits per heavy atom. The Balaban J connectivity index is 2.83. The Morgan fingerprint density at radius 3 is 2.30 bits per heavy atom. The van der Waals surface area contributed by atoms with Crippen molar-refractivity contribution in [1.82, 2.24) is 4.90 Å². The molecule has 1 aromatic carbocycles. The lowest BCUT2D eigenvalue weighted by atomic mass is 10.1. The van der Waals surface area contributed by atoms with Crippen LogP contribution in [0.2, 0.25) is 0 Å². The second-order valence-corrected chi connectivity index (χ2v) is 8.46. The zero-order chi connectivity index (χ0) is 20.8. The van der Waals surface area contributed by atoms with E-state index >= 15 is 0 Å². The van der Waals surface area contributed by atoms with E-state index in [4.69, 9.17) is 4.74 Å². The van der Waals surface area contributed by atoms with Crippen LogP contribution in [0.1, 0.15) is 26.3 Å². The number of carbonyl (C=O) groups excluding carboxylic acids is 1. The van der Waals surface area contributed by atoms with Crippen LogP contribution in [0.25, 0.3) is 0 Å². The van der Waals surface area contributed by atoms with Gasteiger partial charge in [-0.05, 0) is 32.8 Å². The number of nitrogens with zero attached hydrogens (tertiary/aromatic N) is 2. The van der Waals surface area contributed by atoms with E-state index in [-0.39, 0.29) is 12.2 Å². The SMILES string of the molecule is CC(C)(C)OC(=O)N(CCc1ccc([N+](=O)[O-])cc1)C[C@H](O)OS(C)(=O)=O. The summed E-state index contributed by atoms with van der Waals surface area (Å²) >= 11 is 0. The number of hydrogen-bond donors (Lipinski definition) is 1. The van der Waals surface area contributed by atoms with Crippen LogP contribution < -0.4 is 0 Å². The fourth-order valence-electron chi connectivity index (χ4n) is 2.05. The first kappa shape index (κ1) is 22.8. The van der Waals surface area contributed by atoms with E-state index in [1.54, 1.807) is 32.9 Å². The molecular weight excluding hydrogens is 380 g/mol. The maximum Gasteiger partial charge on any atom is 0.410 e. The maximum atomic E-state index is 12.3. The number of nitro groups is 1. The minimum Gasteiger partial charge on any atom is -0.444 e. The number of benzene rings is 1. The van der Waals surface area contributed by atoms with Crippen molar-refractivity contribution < 1.29 is 32.2 Å². The van der Waals surface area contributed by atoms with Gasteiger partial charge >= 0.3 is 6.09 Å². The lowest BCUT2D eigenvalue weighted by molar-refractivity contribution is -0.384. The van der Waals surface area contributed by atoms with Crippen LogP contribution in [0.15, 0.2) is 24.3 Å². The molecule has 1 amide bonds. The summed E-state index contributed by atoms with van der Waals surface area (Å²) in [6, 6.07) is 5.78. The molecule has 1 atom stereocenters. The van der Waals surface area contributed by atoms with Crippen LogP contribution in [0.3, 0.4) is 0 Å². The van der Waals surface area contributed by atoms with Gasteiger partial charge in [0, 0.05) is 18.7 Å². The predicted molar refractivity (Wildman–Crippen MR) is 96.5 cm³/mol. The molecule has 0 spiro atoms. The molecule has 10 nitrogen and oxygen atoms in total. The van der Waals surface area contributed by atoms with Crippen LogP contribution in [0.5, 0.6) is 0 Å². The fourth-order valence-corrected chi connectivity index (χ4v) is 2.52. The van der Waals surface area contributed by atoms with Crippen LogP contribution in [-0.2, 0) is 25.5 Å². The summed E-state index contributed by atoms with van der Waals surface area (Å²) in [5, 5.41) is 20.5. The standard InChI is InChI=1S/C16H24N2O8S/c1-16(2,3)25-15(20)17(11-14(19)26-27(4,23)24)10-9-12-5-7-13(8-6-12)18(21)22/h5-8,14,19H,9-11H2,1-4H3/t14-/m1/s1. The molecule has 0 bridgehead atoms. The summed E-state index contributed by atoms with van der Waals surface area (Å²) in [5.41, 5.74) is -0.127. The number of carbonyl (C=O) groups is 1. The Bertz CT molecular complexity index is 756. The van der Waals surface area contributed by atoms with Gasteiger partial charge in [-0.25, -0.2) is 8.98 Å². The average Bonchev–Trinajstić information content (AvgIpc) is 2.48. The van der Waals surface area contributed by atoms with Gasteiger partial charge in [-0.2, -0.15) is 8.42 Å². The molecule has 1 N–H and O–H groups in total. The zero-order valence-corrected chi connectivity index (χ0v) is 16.4. The molecule has 152 valence electrons. The van der Waals surface area contributed by atoms with Crippen LogP contribution >= 0.6 is 0 Å². The highest BCUT2D eigenvalue weighted by Crippen LogP contribution is 2.15. The maximum absolute atomic E-state index is 12.3. The van der Waals surface area contributed by atoms with Gasteiger partial charge in [0.15, 0.2) is 6.29 Å². The van der Waals surface area contributed by atoms with Crippen LogP contribution in [-0.4, -0.2) is 60.7 Å². The molecule has 27 heavy (non-hydrogen) atoms. The van der Waals surface area contributed by atoms with Crippen LogP contribution in [0.4, 0.5) is 10.5 Å². The average molecular weight is 404 g/mol. The van der Waals surface area contributed by atoms with E-state index < -0.39 is 39.6 Å². The molecule has 0 aliphatic rings. The topological polar surface area (TPSA) is 136 Å². The number of ether oxygens (including phenoxy) is 1. The number of amides is 1. The van der Waals surface area contributed by atoms with E-state index in [0.717, 1.165) is 11.2 Å². The minimum absolute atomic E-state index is 0.0558. The first-order valence-electron chi connectivity index (χ1n) is 8.04. The van der Waals surface area contributed by atoms with Crippen LogP contribution in [0, 0.1) is 10.1 Å². The molecule has 0 radical (unpaired) electrons. The molecule has 0 aliphatic carbocycles. The van der Waals surface area contributed by atoms with Crippen molar-refractivity contribution >= 4 is 21.9 Å². The number of nitro benzene ring substituents is 1. The number of aliphatic hydroxyl groups is 1. The monoisotopic (exact) mass is 404 g/mol. The van der Waals surface area contributed by atoms with E-state index in [1.807, 2.05) is 0 Å². The van der Waals surface area contributed by atoms with Crippen molar-refractivity contribution in [2.75, 3.05) is 19.3 Å². The molecule has 0 fully saturated rings. The smallest absolute Gasteiger partial charge is 0.410 e. The number of non-ortho nitro benzene ring substituents is 1. The molecule has 1 aromatic rings. The van der Waals surface area contributed by atoms with Crippen molar-refractivity contribution in [2.24, 2.45) is 0 Å². The zero-order valence-electron chi connectivity index (χ0n) is 15.6. The lowest BCUT2D eigenvalue weighted by Crippen LogP contribution is -2.43. The Kier molecular flexibility index (Phi) is 7.69. The van der Waals surface area contributed by atoms with Gasteiger partial charge in [0.05, 0.1) is 17.7 Å². The second kappa shape index (κ2) is 9.11. The van der Waals surface area contributed by atoms with Gasteiger partial charge in [0.25, 0.3) is 15.8 Å². The lowest BCUT2D eigenvalue weighted by Gasteiger charge is -2.28. The summed E-state index contributed by atoms with van der Waals surface area (Å²) in [5.74, 6) is 0. The highest BCUT2D eigenvalue weighted by Gasteiger charge is 2.25. The van der Waals surface area contributed by atoms with Gasteiger partial charge < -0.3 is 14.7 Å². The normalized spacial score (nSPS) is 13.1. The first-order chi connectivity index (χ1) is 12.3. The largest absolute Gasteiger partial charge is 0.444 e. The van der Waals surface area contributed by atoms with Gasteiger partial charge in [-0.3, -0.25) is 10.1 Å². The van der Waals surface area contributed by atoms with E-state index in [0.29, 0.717) is 12.0 Å². The first-order valence-corrected chi connectivity index (χ1v) is 9.86. The summed E-state index contributed by atoms with van der Waals surface area (Å²) in [4.78, 5) is 23.6. The van der Waals surface area contributed by atoms with E-state index in [9.17, 15) is 28.4 Å². The predicted octanol–water partition coefficient (Wildman–Crippen LogP) is 1.67. The molecule has 0 unspecified atom stereocenters. The van der Waals surface area contributed by atoms with Crippen molar-refractivity contribution in [1.29, 1.82) is 0 Å². The highest BCUT2D eigenvalue weighted by atomic mass is 32.2. The van der Waals surface area contributed by atoms with Crippen molar-refractivity contribution in [2.45, 2.75) is 39.1 Å². The fraction of sp³-hybridized carbons (Fsp3) is 0.562. The molecule has 0 heterocycles. The molecule has 0 saturated carbocycles. The third kappa shape index (κ3) is 9.31. The second-order valence-electron chi connectivity index (χ2n) is 6.85. The number of rotatable bonds is 8. The molecular formula is C16H24N2O8S. The van der Waals surface area contributed by atoms with E-state index in [1.165, 1.54) is 12.1 Å². The summed E-state index contributed by atoms with van der Waals surface area (Å²) in [7, 11) is -3.90. The summed E-state index contributed by atoms with van der Waals surface area (Å²) in [6.45, 7) is 4.67. The number of hydrogen-bond acceptors (Lipinski definition) is 8. The van der Waals surface area contributed by atoms with Crippen molar-refractivity contribution in [3.63, 3.8) is 0 Å². The Labute approximate surface area is 158 Å². The summed E-state index contributed by atoms with van der Waals surface area (Å²) < 4.78 is 31.9. The molecule has 0 aliphatic heterocycles. The molecule has 1 rings (SSSR count). The third-order valence-electron chi connectivity index (χ3n) is 3.13. The quantitative estimate of drug-likeness (QED) is 0.299. The molecule has 0 aromatic heterocycles. The highest BCUT2D eigenvalue weighted by molar-refractivity contribution is 7.86. The molecule has 11 heteroatoms. The van der Waals surface area contributed by atoms with Gasteiger partial charge in [-0.1, -0.05) is 12.1 Å². The van der Waals surface area contributed by atoms with Crippen molar-refractivity contribution in [3.05, 3.63) is 39.9 Å². The van der Waals surface area contributed by atoms with Gasteiger partial charge in [0.2, 0.25) is 0 Å². The minimum atomic E-state index is -3.90. The van der Waals surface area contributed by atoms with Gasteiger partial charge in [-0.15, -0.1) is 0 Å². The molecule has 0 saturated heterocycles. The van der Waals surface area contributed by atoms with Crippen molar-refractivity contribution in [3.8, 4) is 0 Å². The number of aliphatic hydroxyl groups excluding tert-OH is 1. The third-order valence-corrected chi connectivity index (χ3v) is 3.70. The van der Waals surface area contributed by atoms with E-state index in [2.05, 4.69) is 4.18 Å².